The molecule has 8 rings (SSSR count). The van der Waals surface area contributed by atoms with Crippen molar-refractivity contribution in [3.8, 4) is 0 Å². The van der Waals surface area contributed by atoms with E-state index >= 15 is 0 Å². The number of allylic oxidation sites excluding steroid dienone is 1. The molecule has 42 heavy (non-hydrogen) atoms. The maximum Gasteiger partial charge on any atom is 0.346 e. The summed E-state index contributed by atoms with van der Waals surface area (Å²) >= 11 is 11.0. The molecule has 1 aliphatic heterocycles. The molecule has 8 nitrogen and oxygen atoms in total. The molecular weight excluding hydrogens is 610 g/mol. The summed E-state index contributed by atoms with van der Waals surface area (Å²) in [6, 6.07) is 0. The van der Waals surface area contributed by atoms with Gasteiger partial charge in [0.15, 0.2) is 0 Å². The van der Waals surface area contributed by atoms with Crippen LogP contribution >= 0.6 is 46.0 Å². The number of aromatic amines is 1. The van der Waals surface area contributed by atoms with Crippen molar-refractivity contribution in [3.05, 3.63) is 59.6 Å². The van der Waals surface area contributed by atoms with Gasteiger partial charge in [-0.2, -0.15) is 0 Å². The number of ether oxygens (including phenoxy) is 1. The number of thioether (sulfide) groups is 1. The lowest BCUT2D eigenvalue weighted by molar-refractivity contribution is -0.135. The quantitative estimate of drug-likeness (QED) is 0.173. The second-order valence-corrected chi connectivity index (χ2v) is 14.8. The molecule has 2 unspecified atom stereocenters. The van der Waals surface area contributed by atoms with Crippen molar-refractivity contribution in [1.29, 1.82) is 0 Å². The molecule has 0 radical (unpaired) electrons. The van der Waals surface area contributed by atoms with Gasteiger partial charge in [-0.25, -0.2) is 19.7 Å². The largest absolute Gasteiger partial charge is 0.465 e. The zero-order chi connectivity index (χ0) is 29.2. The number of methoxy groups -OCH3 is 1. The Morgan fingerprint density at radius 3 is 2.26 bits per heavy atom. The van der Waals surface area contributed by atoms with Gasteiger partial charge in [-0.15, -0.1) is 34.4 Å². The van der Waals surface area contributed by atoms with Crippen LogP contribution in [0.5, 0.6) is 0 Å². The van der Waals surface area contributed by atoms with Crippen LogP contribution in [0.4, 0.5) is 0 Å². The molecule has 4 aliphatic rings. The molecule has 4 aromatic heterocycles. The molecule has 222 valence electrons. The summed E-state index contributed by atoms with van der Waals surface area (Å²) in [4.78, 5) is 41.6. The van der Waals surface area contributed by atoms with Crippen molar-refractivity contribution in [2.45, 2.75) is 82.3 Å². The Hall–Kier alpha value is -2.47. The highest BCUT2D eigenvalue weighted by Crippen LogP contribution is 2.47. The van der Waals surface area contributed by atoms with Crippen LogP contribution in [0.3, 0.4) is 0 Å². The van der Waals surface area contributed by atoms with Crippen LogP contribution < -0.4 is 11.3 Å². The number of fused-ring (bicyclic) bond motifs is 7. The Labute approximate surface area is 261 Å². The van der Waals surface area contributed by atoms with Crippen LogP contribution in [-0.2, 0) is 35.2 Å². The molecule has 5 heterocycles. The van der Waals surface area contributed by atoms with E-state index < -0.39 is 0 Å². The Bertz CT molecular complexity index is 1710. The normalized spacial score (nSPS) is 21.0. The van der Waals surface area contributed by atoms with E-state index in [0.29, 0.717) is 21.2 Å². The number of nitrogens with two attached hydrogens (primary N) is 1. The van der Waals surface area contributed by atoms with Gasteiger partial charge in [0.2, 0.25) is 0 Å². The lowest BCUT2D eigenvalue weighted by Gasteiger charge is -2.24. The topological polar surface area (TPSA) is 124 Å². The van der Waals surface area contributed by atoms with Crippen LogP contribution in [0.15, 0.2) is 28.1 Å². The Balaban J connectivity index is 0.000000113. The number of aromatic nitrogens is 4. The molecule has 4 aromatic rings. The number of rotatable bonds is 1. The molecule has 12 heteroatoms. The van der Waals surface area contributed by atoms with Crippen LogP contribution in [0, 0.1) is 5.92 Å². The van der Waals surface area contributed by atoms with E-state index in [4.69, 9.17) is 22.1 Å². The molecule has 3 aliphatic carbocycles. The standard InChI is InChI=1S/C10H9ClN2S.C10H10N2OS.C10H15NO2S/c11-10-9-8(12-5-13-10)6-3-1-2-4-7(6)14-9;13-10-9-8(11-5-12-10)6-3-1-2-4-7(6)14-9;1-13-10(12)9-8(11)6-4-2-3-5-7(6)14-9/h5H,1-4H2;5H,1-4H2,(H,11,12,13);6-7H,2-5,11H2,1H3. The van der Waals surface area contributed by atoms with Gasteiger partial charge in [-0.3, -0.25) is 4.79 Å². The van der Waals surface area contributed by atoms with Crippen molar-refractivity contribution in [2.24, 2.45) is 11.7 Å². The summed E-state index contributed by atoms with van der Waals surface area (Å²) in [7, 11) is 1.41. The number of hydrogen-bond acceptors (Lipinski definition) is 10. The molecule has 2 atom stereocenters. The predicted octanol–water partition coefficient (Wildman–Crippen LogP) is 6.72. The van der Waals surface area contributed by atoms with Gasteiger partial charge in [-0.05, 0) is 75.3 Å². The van der Waals surface area contributed by atoms with Gasteiger partial charge in [0.1, 0.15) is 21.1 Å². The van der Waals surface area contributed by atoms with Gasteiger partial charge < -0.3 is 15.5 Å². The molecule has 0 saturated heterocycles. The number of carbonyl (C=O) groups is 1. The first-order valence-electron chi connectivity index (χ1n) is 14.6. The maximum absolute atomic E-state index is 11.5. The Morgan fingerprint density at radius 1 is 0.929 bits per heavy atom. The fourth-order valence-corrected chi connectivity index (χ4v) is 10.5. The number of hydrogen-bond donors (Lipinski definition) is 2. The lowest BCUT2D eigenvalue weighted by atomic mass is 9.86. The SMILES string of the molecule is COC(=O)C1=C(N)C2CCCCC2S1.Clc1ncnc2c3c(sc12)CCCC3.O=c1[nH]cnc2c3c(sc12)CCCC3. The van der Waals surface area contributed by atoms with Gasteiger partial charge in [0, 0.05) is 26.6 Å². The van der Waals surface area contributed by atoms with Gasteiger partial charge in [-0.1, -0.05) is 24.4 Å². The van der Waals surface area contributed by atoms with Gasteiger partial charge in [0.25, 0.3) is 5.56 Å². The Morgan fingerprint density at radius 2 is 1.57 bits per heavy atom. The number of thiophene rings is 2. The molecule has 3 N–H and O–H groups in total. The highest BCUT2D eigenvalue weighted by molar-refractivity contribution is 8.04. The van der Waals surface area contributed by atoms with Crippen molar-refractivity contribution >= 4 is 72.4 Å². The average Bonchev–Trinajstić information content (AvgIpc) is 3.70. The summed E-state index contributed by atoms with van der Waals surface area (Å²) in [6.07, 6.45) is 17.5. The molecular formula is C30H34ClN5O3S3. The second kappa shape index (κ2) is 13.0. The third-order valence-corrected chi connectivity index (χ3v) is 12.9. The van der Waals surface area contributed by atoms with E-state index in [0.717, 1.165) is 51.8 Å². The van der Waals surface area contributed by atoms with Crippen LogP contribution in [0.1, 0.15) is 72.2 Å². The number of halogens is 1. The third-order valence-electron chi connectivity index (χ3n) is 8.43. The first-order chi connectivity index (χ1) is 20.5. The Kier molecular flexibility index (Phi) is 9.18. The number of nitrogens with zero attached hydrogens (tertiary/aromatic N) is 3. The minimum atomic E-state index is -0.262. The highest BCUT2D eigenvalue weighted by Gasteiger charge is 2.38. The molecule has 0 bridgehead atoms. The van der Waals surface area contributed by atoms with E-state index in [2.05, 4.69) is 19.9 Å². The van der Waals surface area contributed by atoms with E-state index in [1.54, 1.807) is 40.8 Å². The first kappa shape index (κ1) is 29.6. The summed E-state index contributed by atoms with van der Waals surface area (Å²) in [5.74, 6) is 0.157. The fraction of sp³-hybridized carbons (Fsp3) is 0.500. The summed E-state index contributed by atoms with van der Waals surface area (Å²) < 4.78 is 6.59. The number of nitrogens with one attached hydrogen (secondary N) is 1. The maximum atomic E-state index is 11.5. The molecule has 0 amide bonds. The van der Waals surface area contributed by atoms with E-state index in [-0.39, 0.29) is 11.5 Å². The fourth-order valence-electron chi connectivity index (χ4n) is 6.32. The molecule has 0 aromatic carbocycles. The number of esters is 1. The highest BCUT2D eigenvalue weighted by atomic mass is 35.5. The van der Waals surface area contributed by atoms with Crippen molar-refractivity contribution in [2.75, 3.05) is 7.11 Å². The van der Waals surface area contributed by atoms with E-state index in [1.807, 2.05) is 0 Å². The molecule has 0 spiro atoms. The minimum Gasteiger partial charge on any atom is -0.465 e. The zero-order valence-corrected chi connectivity index (χ0v) is 26.7. The van der Waals surface area contributed by atoms with Crippen LogP contribution in [0.2, 0.25) is 5.15 Å². The third kappa shape index (κ3) is 5.85. The summed E-state index contributed by atoms with van der Waals surface area (Å²) in [6.45, 7) is 0. The number of carbonyl (C=O) groups excluding carboxylic acids is 1. The number of aryl methyl sites for hydroxylation is 4. The van der Waals surface area contributed by atoms with Crippen molar-refractivity contribution < 1.29 is 9.53 Å². The summed E-state index contributed by atoms with van der Waals surface area (Å²) in [5, 5.41) is 1.13. The average molecular weight is 644 g/mol. The molecule has 1 fully saturated rings. The van der Waals surface area contributed by atoms with Crippen molar-refractivity contribution in [3.63, 3.8) is 0 Å². The van der Waals surface area contributed by atoms with Gasteiger partial charge in [0.05, 0.1) is 29.2 Å². The monoisotopic (exact) mass is 643 g/mol. The second-order valence-electron chi connectivity index (χ2n) is 11.0. The van der Waals surface area contributed by atoms with Crippen LogP contribution in [-0.4, -0.2) is 38.3 Å². The first-order valence-corrected chi connectivity index (χ1v) is 17.5. The van der Waals surface area contributed by atoms with E-state index in [9.17, 15) is 9.59 Å². The zero-order valence-electron chi connectivity index (χ0n) is 23.5. The van der Waals surface area contributed by atoms with E-state index in [1.165, 1.54) is 85.7 Å². The van der Waals surface area contributed by atoms with Crippen molar-refractivity contribution in [1.82, 2.24) is 19.9 Å². The molecule has 1 saturated carbocycles. The number of H-pyrrole nitrogens is 1. The smallest absolute Gasteiger partial charge is 0.346 e. The van der Waals surface area contributed by atoms with Gasteiger partial charge >= 0.3 is 5.97 Å². The lowest BCUT2D eigenvalue weighted by Crippen LogP contribution is -2.22. The predicted molar refractivity (Wildman–Crippen MR) is 173 cm³/mol. The summed E-state index contributed by atoms with van der Waals surface area (Å²) in [5.41, 5.74) is 11.5. The minimum absolute atomic E-state index is 0.00870. The van der Waals surface area contributed by atoms with Crippen LogP contribution in [0.25, 0.3) is 20.4 Å².